The summed E-state index contributed by atoms with van der Waals surface area (Å²) in [7, 11) is 0. The number of piperazine rings is 1. The molecule has 3 aromatic carbocycles. The topological polar surface area (TPSA) is 113 Å². The van der Waals surface area contributed by atoms with Crippen LogP contribution in [0.2, 0.25) is 5.02 Å². The number of rotatable bonds is 7. The molecule has 4 amide bonds. The van der Waals surface area contributed by atoms with E-state index >= 15 is 0 Å². The van der Waals surface area contributed by atoms with Crippen molar-refractivity contribution in [1.29, 1.82) is 5.26 Å². The summed E-state index contributed by atoms with van der Waals surface area (Å²) in [4.78, 5) is 51.3. The van der Waals surface area contributed by atoms with E-state index in [1.807, 2.05) is 78.7 Å². The Hall–Kier alpha value is -4.46. The molecule has 0 aliphatic carbocycles. The lowest BCUT2D eigenvalue weighted by Crippen LogP contribution is -2.58. The second-order valence-electron chi connectivity index (χ2n) is 11.3. The number of nitrogens with one attached hydrogen (secondary N) is 2. The predicted molar refractivity (Wildman–Crippen MR) is 175 cm³/mol. The van der Waals surface area contributed by atoms with Crippen LogP contribution in [-0.4, -0.2) is 75.0 Å². The SMILES string of the molecule is CCNC(=O)N1CCN(C(=O)C2(Sc3ccccc3)CC(=O)N(Cc3ccc(C#N)cc3)C2c2c[nH]c3cc(Cl)ccc23)CC1. The summed E-state index contributed by atoms with van der Waals surface area (Å²) in [6.45, 7) is 4.22. The number of nitrogens with zero attached hydrogens (tertiary/aromatic N) is 4. The van der Waals surface area contributed by atoms with Gasteiger partial charge in [-0.2, -0.15) is 5.26 Å². The highest BCUT2D eigenvalue weighted by molar-refractivity contribution is 8.01. The van der Waals surface area contributed by atoms with Gasteiger partial charge in [0.15, 0.2) is 0 Å². The number of H-pyrrole nitrogens is 1. The summed E-state index contributed by atoms with van der Waals surface area (Å²) < 4.78 is -1.20. The number of hydrogen-bond donors (Lipinski definition) is 2. The Kier molecular flexibility index (Phi) is 8.74. The zero-order valence-electron chi connectivity index (χ0n) is 24.8. The molecule has 11 heteroatoms. The van der Waals surface area contributed by atoms with Crippen molar-refractivity contribution in [3.63, 3.8) is 0 Å². The highest BCUT2D eigenvalue weighted by Crippen LogP contribution is 2.55. The van der Waals surface area contributed by atoms with Crippen LogP contribution in [0.1, 0.15) is 36.1 Å². The fraction of sp³-hybridized carbons (Fsp3) is 0.294. The molecule has 2 N–H and O–H groups in total. The van der Waals surface area contributed by atoms with E-state index in [2.05, 4.69) is 16.4 Å². The van der Waals surface area contributed by atoms with Crippen molar-refractivity contribution in [1.82, 2.24) is 25.0 Å². The summed E-state index contributed by atoms with van der Waals surface area (Å²) in [5.41, 5.74) is 3.04. The van der Waals surface area contributed by atoms with Gasteiger partial charge < -0.3 is 25.0 Å². The molecule has 2 unspecified atom stereocenters. The molecular weight excluding hydrogens is 608 g/mol. The first kappa shape index (κ1) is 30.6. The number of thioether (sulfide) groups is 1. The first-order valence-corrected chi connectivity index (χ1v) is 16.1. The third kappa shape index (κ3) is 5.98. The van der Waals surface area contributed by atoms with E-state index in [0.717, 1.165) is 26.9 Å². The molecule has 9 nitrogen and oxygen atoms in total. The number of carbonyl (C=O) groups excluding carboxylic acids is 3. The summed E-state index contributed by atoms with van der Waals surface area (Å²) in [6.07, 6.45) is 1.89. The molecule has 0 saturated carbocycles. The second-order valence-corrected chi connectivity index (χ2v) is 13.1. The van der Waals surface area contributed by atoms with E-state index in [9.17, 15) is 19.6 Å². The van der Waals surface area contributed by atoms with Crippen LogP contribution in [0.25, 0.3) is 10.9 Å². The highest BCUT2D eigenvalue weighted by atomic mass is 35.5. The van der Waals surface area contributed by atoms with Gasteiger partial charge in [-0.3, -0.25) is 9.59 Å². The Labute approximate surface area is 271 Å². The van der Waals surface area contributed by atoms with Crippen molar-refractivity contribution in [2.75, 3.05) is 32.7 Å². The molecule has 2 saturated heterocycles. The minimum Gasteiger partial charge on any atom is -0.361 e. The summed E-state index contributed by atoms with van der Waals surface area (Å²) in [5, 5.41) is 13.6. The van der Waals surface area contributed by atoms with Crippen molar-refractivity contribution < 1.29 is 14.4 Å². The third-order valence-corrected chi connectivity index (χ3v) is 10.1. The van der Waals surface area contributed by atoms with Gasteiger partial charge in [-0.1, -0.05) is 48.0 Å². The first-order valence-electron chi connectivity index (χ1n) is 14.9. The molecule has 1 aromatic heterocycles. The van der Waals surface area contributed by atoms with Crippen LogP contribution in [0.5, 0.6) is 0 Å². The van der Waals surface area contributed by atoms with Gasteiger partial charge in [0.05, 0.1) is 24.1 Å². The van der Waals surface area contributed by atoms with E-state index < -0.39 is 10.8 Å². The Morgan fingerprint density at radius 1 is 1.04 bits per heavy atom. The monoisotopic (exact) mass is 640 g/mol. The maximum Gasteiger partial charge on any atom is 0.317 e. The van der Waals surface area contributed by atoms with Gasteiger partial charge in [0.2, 0.25) is 11.8 Å². The minimum absolute atomic E-state index is 0.00311. The maximum absolute atomic E-state index is 15.0. The van der Waals surface area contributed by atoms with E-state index in [-0.39, 0.29) is 30.8 Å². The number of hydrogen-bond acceptors (Lipinski definition) is 5. The number of aromatic nitrogens is 1. The molecule has 6 rings (SSSR count). The number of benzene rings is 3. The lowest BCUT2D eigenvalue weighted by atomic mass is 9.90. The smallest absolute Gasteiger partial charge is 0.317 e. The van der Waals surface area contributed by atoms with Crippen molar-refractivity contribution in [2.24, 2.45) is 0 Å². The fourth-order valence-electron chi connectivity index (χ4n) is 6.32. The zero-order valence-corrected chi connectivity index (χ0v) is 26.4. The Morgan fingerprint density at radius 2 is 1.76 bits per heavy atom. The number of urea groups is 1. The average molecular weight is 641 g/mol. The summed E-state index contributed by atoms with van der Waals surface area (Å²) >= 11 is 7.76. The Morgan fingerprint density at radius 3 is 2.44 bits per heavy atom. The average Bonchev–Trinajstić information content (AvgIpc) is 3.58. The van der Waals surface area contributed by atoms with E-state index in [1.165, 1.54) is 11.8 Å². The molecule has 2 fully saturated rings. The van der Waals surface area contributed by atoms with E-state index in [4.69, 9.17) is 11.6 Å². The molecule has 4 aromatic rings. The zero-order chi connectivity index (χ0) is 31.6. The minimum atomic E-state index is -1.20. The predicted octanol–water partition coefficient (Wildman–Crippen LogP) is 5.57. The molecule has 0 radical (unpaired) electrons. The van der Waals surface area contributed by atoms with Gasteiger partial charge in [0, 0.05) is 71.8 Å². The molecule has 45 heavy (non-hydrogen) atoms. The van der Waals surface area contributed by atoms with Crippen molar-refractivity contribution in [3.05, 3.63) is 101 Å². The lowest BCUT2D eigenvalue weighted by molar-refractivity contribution is -0.136. The highest BCUT2D eigenvalue weighted by Gasteiger charge is 2.59. The molecule has 3 heterocycles. The molecule has 2 aliphatic rings. The molecular formula is C34H33ClN6O3S. The second kappa shape index (κ2) is 12.9. The van der Waals surface area contributed by atoms with Crippen LogP contribution >= 0.6 is 23.4 Å². The number of aromatic amines is 1. The van der Waals surface area contributed by atoms with Crippen molar-refractivity contribution in [3.8, 4) is 6.07 Å². The molecule has 2 aliphatic heterocycles. The fourth-order valence-corrected chi connectivity index (χ4v) is 7.98. The molecule has 2 atom stereocenters. The van der Waals surface area contributed by atoms with Crippen LogP contribution in [-0.2, 0) is 16.1 Å². The quantitative estimate of drug-likeness (QED) is 0.274. The number of nitriles is 1. The lowest BCUT2D eigenvalue weighted by Gasteiger charge is -2.42. The van der Waals surface area contributed by atoms with Gasteiger partial charge in [-0.25, -0.2) is 4.79 Å². The Balaban J connectivity index is 1.45. The van der Waals surface area contributed by atoms with Crippen LogP contribution in [0.15, 0.2) is 83.9 Å². The normalized spacial score (nSPS) is 20.0. The number of fused-ring (bicyclic) bond motifs is 1. The number of likely N-dealkylation sites (tertiary alicyclic amines) is 1. The van der Waals surface area contributed by atoms with Gasteiger partial charge in [0.25, 0.3) is 0 Å². The number of carbonyl (C=O) groups is 3. The van der Waals surface area contributed by atoms with Crippen LogP contribution in [0.3, 0.4) is 0 Å². The standard InChI is InChI=1S/C34H33ClN6O3S/c1-2-37-33(44)40-16-14-39(15-17-40)32(43)34(45-26-6-4-3-5-7-26)19-30(42)41(22-24-10-8-23(20-36)9-11-24)31(34)28-21-38-29-18-25(35)12-13-27(28)29/h3-13,18,21,31,38H,2,14-17,19,22H2,1H3,(H,37,44). The van der Waals surface area contributed by atoms with Crippen LogP contribution in [0.4, 0.5) is 4.79 Å². The Bertz CT molecular complexity index is 1760. The van der Waals surface area contributed by atoms with Crippen LogP contribution < -0.4 is 5.32 Å². The molecule has 0 bridgehead atoms. The van der Waals surface area contributed by atoms with Gasteiger partial charge >= 0.3 is 6.03 Å². The number of halogens is 1. The largest absolute Gasteiger partial charge is 0.361 e. The third-order valence-electron chi connectivity index (χ3n) is 8.48. The summed E-state index contributed by atoms with van der Waals surface area (Å²) in [5.74, 6) is -0.263. The van der Waals surface area contributed by atoms with Crippen molar-refractivity contribution >= 4 is 52.1 Å². The molecule has 0 spiro atoms. The number of amides is 4. The van der Waals surface area contributed by atoms with Gasteiger partial charge in [-0.05, 0) is 48.9 Å². The maximum atomic E-state index is 15.0. The van der Waals surface area contributed by atoms with E-state index in [0.29, 0.717) is 43.3 Å². The molecule has 230 valence electrons. The van der Waals surface area contributed by atoms with Crippen LogP contribution in [0, 0.1) is 11.3 Å². The van der Waals surface area contributed by atoms with Crippen molar-refractivity contribution in [2.45, 2.75) is 35.6 Å². The van der Waals surface area contributed by atoms with E-state index in [1.54, 1.807) is 21.9 Å². The van der Waals surface area contributed by atoms with Gasteiger partial charge in [-0.15, -0.1) is 11.8 Å². The first-order chi connectivity index (χ1) is 21.8. The van der Waals surface area contributed by atoms with Gasteiger partial charge in [0.1, 0.15) is 4.75 Å². The summed E-state index contributed by atoms with van der Waals surface area (Å²) in [6, 6.07) is 23.9.